The molecule has 1 aromatic heterocycles. The average molecular weight is 260 g/mol. The summed E-state index contributed by atoms with van der Waals surface area (Å²) in [5, 5.41) is 2.04. The lowest BCUT2D eigenvalue weighted by Crippen LogP contribution is -1.91. The summed E-state index contributed by atoms with van der Waals surface area (Å²) >= 11 is 1.52. The van der Waals surface area contributed by atoms with Gasteiger partial charge in [0.2, 0.25) is 0 Å². The number of ether oxygens (including phenoxy) is 1. The SMILES string of the molecule is CCC(=O)c1cc(-c2ccc(COC)cc2)cs1. The van der Waals surface area contributed by atoms with Crippen LogP contribution in [-0.2, 0) is 11.3 Å². The number of hydrogen-bond acceptors (Lipinski definition) is 3. The van der Waals surface area contributed by atoms with E-state index < -0.39 is 0 Å². The van der Waals surface area contributed by atoms with E-state index >= 15 is 0 Å². The second kappa shape index (κ2) is 5.94. The predicted octanol–water partition coefficient (Wildman–Crippen LogP) is 4.15. The minimum Gasteiger partial charge on any atom is -0.380 e. The number of carbonyl (C=O) groups is 1. The minimum atomic E-state index is 0.210. The largest absolute Gasteiger partial charge is 0.380 e. The van der Waals surface area contributed by atoms with Crippen LogP contribution >= 0.6 is 11.3 Å². The van der Waals surface area contributed by atoms with E-state index in [9.17, 15) is 4.79 Å². The van der Waals surface area contributed by atoms with Crippen molar-refractivity contribution in [1.29, 1.82) is 0 Å². The van der Waals surface area contributed by atoms with Gasteiger partial charge in [0.15, 0.2) is 5.78 Å². The highest BCUT2D eigenvalue weighted by Gasteiger charge is 2.08. The molecule has 2 aromatic rings. The monoisotopic (exact) mass is 260 g/mol. The maximum atomic E-state index is 11.6. The van der Waals surface area contributed by atoms with E-state index in [2.05, 4.69) is 24.3 Å². The van der Waals surface area contributed by atoms with Gasteiger partial charge in [-0.2, -0.15) is 0 Å². The zero-order valence-corrected chi connectivity index (χ0v) is 11.4. The Morgan fingerprint density at radius 1 is 1.22 bits per heavy atom. The standard InChI is InChI=1S/C15H16O2S/c1-3-14(16)15-8-13(10-18-15)12-6-4-11(5-7-12)9-17-2/h4-8,10H,3,9H2,1-2H3. The van der Waals surface area contributed by atoms with Gasteiger partial charge in [-0.15, -0.1) is 11.3 Å². The molecule has 0 aliphatic heterocycles. The minimum absolute atomic E-state index is 0.210. The molecule has 0 N–H and O–H groups in total. The highest BCUT2D eigenvalue weighted by Crippen LogP contribution is 2.26. The van der Waals surface area contributed by atoms with Crippen LogP contribution in [0.3, 0.4) is 0 Å². The summed E-state index contributed by atoms with van der Waals surface area (Å²) in [6.45, 7) is 2.52. The fourth-order valence-corrected chi connectivity index (χ4v) is 2.70. The van der Waals surface area contributed by atoms with Crippen LogP contribution in [0.5, 0.6) is 0 Å². The first kappa shape index (κ1) is 13.0. The summed E-state index contributed by atoms with van der Waals surface area (Å²) in [4.78, 5) is 12.4. The number of ketones is 1. The number of methoxy groups -OCH3 is 1. The van der Waals surface area contributed by atoms with Crippen LogP contribution in [0.25, 0.3) is 11.1 Å². The van der Waals surface area contributed by atoms with Crippen molar-refractivity contribution in [3.8, 4) is 11.1 Å². The quantitative estimate of drug-likeness (QED) is 0.755. The number of hydrogen-bond donors (Lipinski definition) is 0. The first-order chi connectivity index (χ1) is 8.74. The predicted molar refractivity (Wildman–Crippen MR) is 75.1 cm³/mol. The molecule has 2 nitrogen and oxygen atoms in total. The molecule has 0 saturated carbocycles. The second-order valence-electron chi connectivity index (χ2n) is 4.11. The Morgan fingerprint density at radius 2 is 1.94 bits per heavy atom. The maximum absolute atomic E-state index is 11.6. The summed E-state index contributed by atoms with van der Waals surface area (Å²) in [6.07, 6.45) is 0.562. The molecule has 0 amide bonds. The normalized spacial score (nSPS) is 10.6. The van der Waals surface area contributed by atoms with Crippen molar-refractivity contribution < 1.29 is 9.53 Å². The van der Waals surface area contributed by atoms with Crippen molar-refractivity contribution in [2.75, 3.05) is 7.11 Å². The van der Waals surface area contributed by atoms with Crippen molar-refractivity contribution in [1.82, 2.24) is 0 Å². The molecule has 0 aliphatic carbocycles. The topological polar surface area (TPSA) is 26.3 Å². The molecule has 2 rings (SSSR count). The van der Waals surface area contributed by atoms with Gasteiger partial charge >= 0.3 is 0 Å². The van der Waals surface area contributed by atoms with Crippen molar-refractivity contribution in [2.24, 2.45) is 0 Å². The fraction of sp³-hybridized carbons (Fsp3) is 0.267. The van der Waals surface area contributed by atoms with Gasteiger partial charge in [0, 0.05) is 13.5 Å². The van der Waals surface area contributed by atoms with Gasteiger partial charge in [0.1, 0.15) is 0 Å². The third-order valence-electron chi connectivity index (χ3n) is 2.79. The number of benzene rings is 1. The molecule has 0 atom stereocenters. The van der Waals surface area contributed by atoms with E-state index in [1.807, 2.05) is 18.4 Å². The zero-order valence-electron chi connectivity index (χ0n) is 10.6. The summed E-state index contributed by atoms with van der Waals surface area (Å²) in [7, 11) is 1.69. The third kappa shape index (κ3) is 2.86. The van der Waals surface area contributed by atoms with Crippen LogP contribution in [0.4, 0.5) is 0 Å². The van der Waals surface area contributed by atoms with Gasteiger partial charge in [0.05, 0.1) is 11.5 Å². The summed E-state index contributed by atoms with van der Waals surface area (Å²) in [5.74, 6) is 0.210. The van der Waals surface area contributed by atoms with Crippen molar-refractivity contribution in [2.45, 2.75) is 20.0 Å². The Morgan fingerprint density at radius 3 is 2.56 bits per heavy atom. The van der Waals surface area contributed by atoms with Crippen molar-refractivity contribution in [3.05, 3.63) is 46.2 Å². The Labute approximate surface area is 111 Å². The molecule has 0 radical (unpaired) electrons. The lowest BCUT2D eigenvalue weighted by Gasteiger charge is -2.01. The molecule has 3 heteroatoms. The lowest BCUT2D eigenvalue weighted by atomic mass is 10.1. The van der Waals surface area contributed by atoms with Crippen molar-refractivity contribution >= 4 is 17.1 Å². The zero-order chi connectivity index (χ0) is 13.0. The highest BCUT2D eigenvalue weighted by molar-refractivity contribution is 7.12. The summed E-state index contributed by atoms with van der Waals surface area (Å²) in [6, 6.07) is 10.2. The van der Waals surface area contributed by atoms with Gasteiger partial charge in [0.25, 0.3) is 0 Å². The van der Waals surface area contributed by atoms with E-state index in [1.165, 1.54) is 11.3 Å². The average Bonchev–Trinajstić information content (AvgIpc) is 2.89. The molecular formula is C15H16O2S. The van der Waals surface area contributed by atoms with Gasteiger partial charge in [-0.3, -0.25) is 4.79 Å². The van der Waals surface area contributed by atoms with Crippen LogP contribution in [0.1, 0.15) is 28.6 Å². The maximum Gasteiger partial charge on any atom is 0.172 e. The van der Waals surface area contributed by atoms with Gasteiger partial charge < -0.3 is 4.74 Å². The molecule has 0 unspecified atom stereocenters. The van der Waals surface area contributed by atoms with Gasteiger partial charge in [-0.05, 0) is 28.1 Å². The Bertz CT molecular complexity index is 526. The fourth-order valence-electron chi connectivity index (χ4n) is 1.77. The smallest absolute Gasteiger partial charge is 0.172 e. The molecule has 0 saturated heterocycles. The first-order valence-corrected chi connectivity index (χ1v) is 6.82. The van der Waals surface area contributed by atoms with E-state index in [0.717, 1.165) is 21.6 Å². The number of carbonyl (C=O) groups excluding carboxylic acids is 1. The van der Waals surface area contributed by atoms with E-state index in [0.29, 0.717) is 13.0 Å². The first-order valence-electron chi connectivity index (χ1n) is 5.94. The van der Waals surface area contributed by atoms with Crippen LogP contribution in [0.15, 0.2) is 35.7 Å². The molecule has 1 aromatic carbocycles. The Kier molecular flexibility index (Phi) is 4.28. The number of rotatable bonds is 5. The summed E-state index contributed by atoms with van der Waals surface area (Å²) in [5.41, 5.74) is 3.41. The molecule has 94 valence electrons. The second-order valence-corrected chi connectivity index (χ2v) is 5.02. The number of thiophene rings is 1. The van der Waals surface area contributed by atoms with Crippen molar-refractivity contribution in [3.63, 3.8) is 0 Å². The van der Waals surface area contributed by atoms with Crippen LogP contribution in [-0.4, -0.2) is 12.9 Å². The van der Waals surface area contributed by atoms with Crippen LogP contribution < -0.4 is 0 Å². The summed E-state index contributed by atoms with van der Waals surface area (Å²) < 4.78 is 5.08. The molecular weight excluding hydrogens is 244 g/mol. The van der Waals surface area contributed by atoms with E-state index in [-0.39, 0.29) is 5.78 Å². The van der Waals surface area contributed by atoms with E-state index in [1.54, 1.807) is 7.11 Å². The molecule has 18 heavy (non-hydrogen) atoms. The van der Waals surface area contributed by atoms with Gasteiger partial charge in [-0.1, -0.05) is 31.2 Å². The molecule has 0 fully saturated rings. The Balaban J connectivity index is 2.20. The molecule has 0 spiro atoms. The Hall–Kier alpha value is -1.45. The lowest BCUT2D eigenvalue weighted by molar-refractivity contribution is 0.0992. The van der Waals surface area contributed by atoms with Crippen LogP contribution in [0.2, 0.25) is 0 Å². The molecule has 0 aliphatic rings. The third-order valence-corrected chi connectivity index (χ3v) is 3.76. The van der Waals surface area contributed by atoms with E-state index in [4.69, 9.17) is 4.74 Å². The highest BCUT2D eigenvalue weighted by atomic mass is 32.1. The molecule has 1 heterocycles. The van der Waals surface area contributed by atoms with Crippen LogP contribution in [0, 0.1) is 0 Å². The van der Waals surface area contributed by atoms with Gasteiger partial charge in [-0.25, -0.2) is 0 Å². The number of Topliss-reactive ketones (excluding diaryl/α,β-unsaturated/α-hetero) is 1. The molecule has 0 bridgehead atoms.